The number of rotatable bonds is 4. The fourth-order valence-electron chi connectivity index (χ4n) is 3.54. The zero-order valence-corrected chi connectivity index (χ0v) is 18.4. The summed E-state index contributed by atoms with van der Waals surface area (Å²) in [5.41, 5.74) is 1.25. The number of fused-ring (bicyclic) bond motifs is 1. The van der Waals surface area contributed by atoms with Crippen LogP contribution in [0.15, 0.2) is 24.3 Å². The van der Waals surface area contributed by atoms with Gasteiger partial charge in [0.2, 0.25) is 5.91 Å². The second-order valence-corrected chi connectivity index (χ2v) is 8.76. The normalized spacial score (nSPS) is 18.0. The van der Waals surface area contributed by atoms with Gasteiger partial charge in [-0.3, -0.25) is 9.69 Å². The van der Waals surface area contributed by atoms with E-state index in [2.05, 4.69) is 0 Å². The number of hydrogen-bond donors (Lipinski definition) is 0. The van der Waals surface area contributed by atoms with Crippen molar-refractivity contribution in [2.45, 2.75) is 65.3 Å². The Morgan fingerprint density at radius 1 is 1.17 bits per heavy atom. The molecule has 1 unspecified atom stereocenters. The first kappa shape index (κ1) is 22.7. The molecule has 0 radical (unpaired) electrons. The van der Waals surface area contributed by atoms with Gasteiger partial charge in [0, 0.05) is 20.0 Å². The molecule has 7 nitrogen and oxygen atoms in total. The van der Waals surface area contributed by atoms with E-state index in [4.69, 9.17) is 9.47 Å². The van der Waals surface area contributed by atoms with E-state index in [9.17, 15) is 14.4 Å². The maximum Gasteiger partial charge on any atom is 0.410 e. The number of likely N-dealkylation sites (N-methyl/N-ethyl adjacent to an activating group) is 1. The second-order valence-electron chi connectivity index (χ2n) is 8.76. The van der Waals surface area contributed by atoms with Crippen LogP contribution in [0.4, 0.5) is 4.79 Å². The standard InChI is InChI=1S/C22H32N2O5/c1-14(2)18(20(26)28-7)24-13-16-11-9-8-10-15(16)12-17(19(24)25)23(6)21(27)29-22(3,4)5/h8-11,14,17-18H,12-13H2,1-7H3/t17-,18?/m0/s1. The third kappa shape index (κ3) is 5.28. The lowest BCUT2D eigenvalue weighted by Crippen LogP contribution is -2.55. The first-order valence-corrected chi connectivity index (χ1v) is 9.87. The minimum atomic E-state index is -0.778. The molecule has 0 saturated carbocycles. The van der Waals surface area contributed by atoms with Gasteiger partial charge in [0.1, 0.15) is 17.7 Å². The van der Waals surface area contributed by atoms with E-state index >= 15 is 0 Å². The molecule has 2 amide bonds. The van der Waals surface area contributed by atoms with E-state index in [0.717, 1.165) is 11.1 Å². The fraction of sp³-hybridized carbons (Fsp3) is 0.591. The van der Waals surface area contributed by atoms with Gasteiger partial charge in [-0.1, -0.05) is 38.1 Å². The van der Waals surface area contributed by atoms with Crippen LogP contribution in [0.3, 0.4) is 0 Å². The van der Waals surface area contributed by atoms with Crippen LogP contribution >= 0.6 is 0 Å². The topological polar surface area (TPSA) is 76.2 Å². The highest BCUT2D eigenvalue weighted by Crippen LogP contribution is 2.27. The summed E-state index contributed by atoms with van der Waals surface area (Å²) in [5, 5.41) is 0. The van der Waals surface area contributed by atoms with Gasteiger partial charge >= 0.3 is 12.1 Å². The Labute approximate surface area is 172 Å². The summed E-state index contributed by atoms with van der Waals surface area (Å²) in [6.07, 6.45) is -0.220. The number of benzene rings is 1. The van der Waals surface area contributed by atoms with Crippen molar-refractivity contribution >= 4 is 18.0 Å². The summed E-state index contributed by atoms with van der Waals surface area (Å²) >= 11 is 0. The van der Waals surface area contributed by atoms with Crippen LogP contribution < -0.4 is 0 Å². The van der Waals surface area contributed by atoms with Crippen LogP contribution in [-0.4, -0.2) is 59.6 Å². The molecule has 7 heteroatoms. The predicted molar refractivity (Wildman–Crippen MR) is 109 cm³/mol. The van der Waals surface area contributed by atoms with E-state index in [0.29, 0.717) is 6.42 Å². The van der Waals surface area contributed by atoms with Crippen molar-refractivity contribution in [1.82, 2.24) is 9.80 Å². The Kier molecular flexibility index (Phi) is 6.93. The summed E-state index contributed by atoms with van der Waals surface area (Å²) in [6, 6.07) is 6.18. The van der Waals surface area contributed by atoms with Crippen molar-refractivity contribution < 1.29 is 23.9 Å². The number of hydrogen-bond acceptors (Lipinski definition) is 5. The summed E-state index contributed by atoms with van der Waals surface area (Å²) in [5.74, 6) is -0.908. The summed E-state index contributed by atoms with van der Waals surface area (Å²) < 4.78 is 10.4. The smallest absolute Gasteiger partial charge is 0.410 e. The Hall–Kier alpha value is -2.57. The van der Waals surface area contributed by atoms with Gasteiger partial charge in [0.15, 0.2) is 0 Å². The van der Waals surface area contributed by atoms with Crippen LogP contribution in [0.2, 0.25) is 0 Å². The molecule has 0 aromatic heterocycles. The lowest BCUT2D eigenvalue weighted by atomic mass is 10.0. The Bertz CT molecular complexity index is 769. The van der Waals surface area contributed by atoms with E-state index in [1.807, 2.05) is 38.1 Å². The summed E-state index contributed by atoms with van der Waals surface area (Å²) in [4.78, 5) is 41.6. The van der Waals surface area contributed by atoms with Crippen LogP contribution in [0.25, 0.3) is 0 Å². The molecule has 2 atom stereocenters. The number of esters is 1. The van der Waals surface area contributed by atoms with Gasteiger partial charge in [-0.05, 0) is 37.8 Å². The van der Waals surface area contributed by atoms with Crippen molar-refractivity contribution in [3.8, 4) is 0 Å². The average molecular weight is 405 g/mol. The Morgan fingerprint density at radius 3 is 2.28 bits per heavy atom. The monoisotopic (exact) mass is 404 g/mol. The molecule has 1 aliphatic rings. The molecule has 0 spiro atoms. The highest BCUT2D eigenvalue weighted by Gasteiger charge is 2.41. The van der Waals surface area contributed by atoms with Gasteiger partial charge in [0.25, 0.3) is 0 Å². The van der Waals surface area contributed by atoms with Crippen LogP contribution in [0, 0.1) is 5.92 Å². The van der Waals surface area contributed by atoms with Crippen molar-refractivity contribution in [2.24, 2.45) is 5.92 Å². The van der Waals surface area contributed by atoms with Crippen LogP contribution in [0.1, 0.15) is 45.7 Å². The highest BCUT2D eigenvalue weighted by molar-refractivity contribution is 5.90. The van der Waals surface area contributed by atoms with Crippen molar-refractivity contribution in [1.29, 1.82) is 0 Å². The van der Waals surface area contributed by atoms with E-state index in [1.165, 1.54) is 16.9 Å². The number of nitrogens with zero attached hydrogens (tertiary/aromatic N) is 2. The van der Waals surface area contributed by atoms with Crippen molar-refractivity contribution in [3.05, 3.63) is 35.4 Å². The maximum absolute atomic E-state index is 13.6. The highest BCUT2D eigenvalue weighted by atomic mass is 16.6. The largest absolute Gasteiger partial charge is 0.467 e. The third-order valence-electron chi connectivity index (χ3n) is 5.00. The van der Waals surface area contributed by atoms with E-state index in [-0.39, 0.29) is 18.4 Å². The molecule has 0 aliphatic carbocycles. The van der Waals surface area contributed by atoms with E-state index in [1.54, 1.807) is 27.8 Å². The van der Waals surface area contributed by atoms with E-state index < -0.39 is 29.7 Å². The zero-order chi connectivity index (χ0) is 21.9. The lowest BCUT2D eigenvalue weighted by molar-refractivity contribution is -0.157. The molecule has 1 aliphatic heterocycles. The molecule has 0 saturated heterocycles. The minimum absolute atomic E-state index is 0.149. The molecule has 2 rings (SSSR count). The molecular formula is C22H32N2O5. The van der Waals surface area contributed by atoms with Gasteiger partial charge in [-0.15, -0.1) is 0 Å². The van der Waals surface area contributed by atoms with Gasteiger partial charge < -0.3 is 14.4 Å². The molecule has 0 fully saturated rings. The quantitative estimate of drug-likeness (QED) is 0.721. The molecule has 1 aromatic carbocycles. The van der Waals surface area contributed by atoms with Crippen molar-refractivity contribution in [2.75, 3.05) is 14.2 Å². The number of amides is 2. The number of methoxy groups -OCH3 is 1. The maximum atomic E-state index is 13.6. The fourth-order valence-corrected chi connectivity index (χ4v) is 3.54. The SMILES string of the molecule is COC(=O)C(C(C)C)N1Cc2ccccc2C[C@H](N(C)C(=O)OC(C)(C)C)C1=O. The average Bonchev–Trinajstić information content (AvgIpc) is 2.76. The van der Waals surface area contributed by atoms with Crippen molar-refractivity contribution in [3.63, 3.8) is 0 Å². The molecule has 0 N–H and O–H groups in total. The predicted octanol–water partition coefficient (Wildman–Crippen LogP) is 3.00. The molecule has 29 heavy (non-hydrogen) atoms. The molecule has 0 bridgehead atoms. The number of ether oxygens (including phenoxy) is 2. The Balaban J connectivity index is 2.47. The first-order chi connectivity index (χ1) is 13.5. The van der Waals surface area contributed by atoms with Gasteiger partial charge in [-0.25, -0.2) is 9.59 Å². The molecule has 1 heterocycles. The molecule has 160 valence electrons. The molecule has 1 aromatic rings. The van der Waals surface area contributed by atoms with Crippen LogP contribution in [0.5, 0.6) is 0 Å². The number of carbonyl (C=O) groups excluding carboxylic acids is 3. The molecular weight excluding hydrogens is 372 g/mol. The lowest BCUT2D eigenvalue weighted by Gasteiger charge is -2.36. The zero-order valence-electron chi connectivity index (χ0n) is 18.4. The second kappa shape index (κ2) is 8.84. The third-order valence-corrected chi connectivity index (χ3v) is 5.00. The minimum Gasteiger partial charge on any atom is -0.467 e. The van der Waals surface area contributed by atoms with Gasteiger partial charge in [-0.2, -0.15) is 0 Å². The van der Waals surface area contributed by atoms with Crippen LogP contribution in [-0.2, 0) is 32.0 Å². The van der Waals surface area contributed by atoms with Gasteiger partial charge in [0.05, 0.1) is 7.11 Å². The number of carbonyl (C=O) groups is 3. The summed E-state index contributed by atoms with van der Waals surface area (Å²) in [7, 11) is 2.88. The first-order valence-electron chi connectivity index (χ1n) is 9.87. The summed E-state index contributed by atoms with van der Waals surface area (Å²) in [6.45, 7) is 9.37. The Morgan fingerprint density at radius 2 is 1.76 bits per heavy atom.